The van der Waals surface area contributed by atoms with Crippen LogP contribution in [0.3, 0.4) is 0 Å². The van der Waals surface area contributed by atoms with Crippen LogP contribution < -0.4 is 21.3 Å². The van der Waals surface area contributed by atoms with E-state index >= 15 is 0 Å². The monoisotopic (exact) mass is 737 g/mol. The molecule has 0 fully saturated rings. The zero-order valence-electron chi connectivity index (χ0n) is 34.2. The van der Waals surface area contributed by atoms with E-state index in [0.717, 1.165) is 80.3 Å². The molecule has 0 heterocycles. The molecule has 296 valence electrons. The number of carbonyl (C=O) groups excluding carboxylic acids is 6. The number of benzene rings is 2. The number of Topliss-reactive ketones (excluding diaryl/α,β-unsaturated/α-hetero) is 2. The Balaban J connectivity index is 0.000000783. The first kappa shape index (κ1) is 48.7. The lowest BCUT2D eigenvalue weighted by molar-refractivity contribution is -0.120. The molecule has 0 aromatic heterocycles. The largest absolute Gasteiger partial charge is 0.356 e. The maximum Gasteiger partial charge on any atom is 0.221 e. The van der Waals surface area contributed by atoms with Crippen molar-refractivity contribution in [2.75, 3.05) is 17.2 Å². The van der Waals surface area contributed by atoms with Crippen LogP contribution in [0.2, 0.25) is 0 Å². The summed E-state index contributed by atoms with van der Waals surface area (Å²) in [7, 11) is 0. The fourth-order valence-corrected chi connectivity index (χ4v) is 5.62. The van der Waals surface area contributed by atoms with Crippen LogP contribution >= 0.6 is 0 Å². The molecule has 2 aromatic carbocycles. The molecule has 2 atom stereocenters. The van der Waals surface area contributed by atoms with Crippen LogP contribution in [0, 0.1) is 11.3 Å². The number of hydrogen-bond acceptors (Lipinski definition) is 6. The minimum Gasteiger partial charge on any atom is -0.356 e. The third-order valence-corrected chi connectivity index (χ3v) is 7.92. The Morgan fingerprint density at radius 1 is 0.566 bits per heavy atom. The number of amides is 4. The Labute approximate surface area is 319 Å². The van der Waals surface area contributed by atoms with Gasteiger partial charge in [0.15, 0.2) is 0 Å². The average Bonchev–Trinajstić information content (AvgIpc) is 3.02. The average molecular weight is 737 g/mol. The summed E-state index contributed by atoms with van der Waals surface area (Å²) in [6.45, 7) is 18.6. The predicted molar refractivity (Wildman–Crippen MR) is 217 cm³/mol. The number of nitrogens with one attached hydrogen (secondary N) is 4. The minimum absolute atomic E-state index is 0.00579. The zero-order chi connectivity index (χ0) is 40.4. The van der Waals surface area contributed by atoms with Crippen LogP contribution in [0.15, 0.2) is 48.5 Å². The fraction of sp³-hybridized carbons (Fsp3) is 0.581. The van der Waals surface area contributed by atoms with Crippen molar-refractivity contribution in [2.45, 2.75) is 146 Å². The Morgan fingerprint density at radius 2 is 0.962 bits per heavy atom. The van der Waals surface area contributed by atoms with Crippen molar-refractivity contribution in [3.8, 4) is 0 Å². The number of rotatable bonds is 19. The van der Waals surface area contributed by atoms with Gasteiger partial charge < -0.3 is 30.9 Å². The standard InChI is InChI=1S/C17H18N2O2.C14H28N2O2.C12H22O2/c1-12(20)18-16-7-3-14(4-8-16)11-15-5-9-17(10-6-15)19-13(2)21;1-10(9-15-11(2)17)7-13(16-12(3)18)8-14(4,5)6;1-11(13)9-7-5-3-4-6-8-10-12(2)14/h3-10H,11H2,1-2H3,(H,18,20)(H,19,21);10,13H,7-9H2,1-6H3,(H,15,17)(H,16,18);3-10H2,1-2H3. The summed E-state index contributed by atoms with van der Waals surface area (Å²) in [5, 5.41) is 11.3. The molecule has 0 spiro atoms. The van der Waals surface area contributed by atoms with Crippen LogP contribution in [0.5, 0.6) is 0 Å². The molecule has 4 amide bonds. The first-order valence-electron chi connectivity index (χ1n) is 19.0. The van der Waals surface area contributed by atoms with Crippen molar-refractivity contribution in [1.29, 1.82) is 0 Å². The minimum atomic E-state index is -0.0729. The first-order valence-corrected chi connectivity index (χ1v) is 19.0. The molecular weight excluding hydrogens is 668 g/mol. The van der Waals surface area contributed by atoms with Gasteiger partial charge in [-0.3, -0.25) is 19.2 Å². The summed E-state index contributed by atoms with van der Waals surface area (Å²) < 4.78 is 0. The molecule has 53 heavy (non-hydrogen) atoms. The number of hydrogen-bond donors (Lipinski definition) is 4. The molecule has 0 saturated heterocycles. The molecule has 0 aliphatic carbocycles. The number of unbranched alkanes of at least 4 members (excludes halogenated alkanes) is 5. The predicted octanol–water partition coefficient (Wildman–Crippen LogP) is 8.57. The maximum atomic E-state index is 11.2. The molecule has 10 heteroatoms. The van der Waals surface area contributed by atoms with E-state index < -0.39 is 0 Å². The SMILES string of the molecule is CC(=O)CCCCCCCCC(C)=O.CC(=O)NCC(C)CC(CC(C)(C)C)NC(C)=O.CC(=O)Nc1ccc(Cc2ccc(NC(C)=O)cc2)cc1. The quantitative estimate of drug-likeness (QED) is 0.106. The van der Waals surface area contributed by atoms with Gasteiger partial charge in [0.25, 0.3) is 0 Å². The Kier molecular flexibility index (Phi) is 25.1. The van der Waals surface area contributed by atoms with E-state index in [9.17, 15) is 28.8 Å². The maximum absolute atomic E-state index is 11.2. The fourth-order valence-electron chi connectivity index (χ4n) is 5.62. The number of carbonyl (C=O) groups is 6. The highest BCUT2D eigenvalue weighted by atomic mass is 16.2. The Hall–Kier alpha value is -4.34. The highest BCUT2D eigenvalue weighted by molar-refractivity contribution is 5.89. The van der Waals surface area contributed by atoms with Crippen molar-refractivity contribution >= 4 is 46.6 Å². The van der Waals surface area contributed by atoms with E-state index in [1.54, 1.807) is 20.8 Å². The number of anilines is 2. The second-order valence-electron chi connectivity index (χ2n) is 15.4. The van der Waals surface area contributed by atoms with E-state index in [1.165, 1.54) is 33.6 Å². The van der Waals surface area contributed by atoms with E-state index in [1.807, 2.05) is 48.5 Å². The van der Waals surface area contributed by atoms with Gasteiger partial charge >= 0.3 is 0 Å². The lowest BCUT2D eigenvalue weighted by Crippen LogP contribution is -2.39. The van der Waals surface area contributed by atoms with E-state index in [0.29, 0.717) is 24.0 Å². The van der Waals surface area contributed by atoms with Crippen LogP contribution in [0.4, 0.5) is 11.4 Å². The highest BCUT2D eigenvalue weighted by Gasteiger charge is 2.21. The second kappa shape index (κ2) is 27.3. The van der Waals surface area contributed by atoms with Crippen LogP contribution in [0.1, 0.15) is 145 Å². The molecule has 2 aromatic rings. The summed E-state index contributed by atoms with van der Waals surface area (Å²) in [6, 6.07) is 15.7. The Bertz CT molecular complexity index is 1320. The van der Waals surface area contributed by atoms with Gasteiger partial charge in [0.05, 0.1) is 0 Å². The molecule has 0 bridgehead atoms. The van der Waals surface area contributed by atoms with Crippen LogP contribution in [-0.4, -0.2) is 47.8 Å². The molecular formula is C43H68N4O6. The van der Waals surface area contributed by atoms with E-state index in [2.05, 4.69) is 49.0 Å². The van der Waals surface area contributed by atoms with Crippen LogP contribution in [0.25, 0.3) is 0 Å². The summed E-state index contributed by atoms with van der Waals surface area (Å²) >= 11 is 0. The van der Waals surface area contributed by atoms with Crippen molar-refractivity contribution < 1.29 is 28.8 Å². The van der Waals surface area contributed by atoms with E-state index in [-0.39, 0.29) is 35.1 Å². The first-order chi connectivity index (χ1) is 24.7. The van der Waals surface area contributed by atoms with Crippen molar-refractivity contribution in [2.24, 2.45) is 11.3 Å². The molecule has 0 radical (unpaired) electrons. The number of ketones is 2. The lowest BCUT2D eigenvalue weighted by Gasteiger charge is -2.28. The van der Waals surface area contributed by atoms with Gasteiger partial charge in [-0.05, 0) is 92.7 Å². The summed E-state index contributed by atoms with van der Waals surface area (Å²) in [5.74, 6) is 0.800. The molecule has 4 N–H and O–H groups in total. The van der Waals surface area contributed by atoms with Gasteiger partial charge in [0.1, 0.15) is 11.6 Å². The third-order valence-electron chi connectivity index (χ3n) is 7.92. The zero-order valence-corrected chi connectivity index (χ0v) is 34.2. The highest BCUT2D eigenvalue weighted by Crippen LogP contribution is 2.24. The van der Waals surface area contributed by atoms with Crippen molar-refractivity contribution in [1.82, 2.24) is 10.6 Å². The molecule has 2 unspecified atom stereocenters. The Morgan fingerprint density at radius 3 is 1.28 bits per heavy atom. The third kappa shape index (κ3) is 31.0. The molecule has 2 rings (SSSR count). The second-order valence-corrected chi connectivity index (χ2v) is 15.4. The lowest BCUT2D eigenvalue weighted by atomic mass is 9.85. The molecule has 0 saturated carbocycles. The van der Waals surface area contributed by atoms with Crippen molar-refractivity contribution in [3.63, 3.8) is 0 Å². The summed E-state index contributed by atoms with van der Waals surface area (Å²) in [6.07, 6.45) is 10.9. The smallest absolute Gasteiger partial charge is 0.221 e. The van der Waals surface area contributed by atoms with Crippen molar-refractivity contribution in [3.05, 3.63) is 59.7 Å². The molecule has 0 aliphatic rings. The van der Waals surface area contributed by atoms with Gasteiger partial charge in [0.2, 0.25) is 23.6 Å². The van der Waals surface area contributed by atoms with Gasteiger partial charge in [-0.1, -0.05) is 77.6 Å². The van der Waals surface area contributed by atoms with Gasteiger partial charge in [-0.15, -0.1) is 0 Å². The normalized spacial score (nSPS) is 11.7. The van der Waals surface area contributed by atoms with Gasteiger partial charge in [0, 0.05) is 64.5 Å². The van der Waals surface area contributed by atoms with Crippen LogP contribution in [-0.2, 0) is 35.2 Å². The van der Waals surface area contributed by atoms with Gasteiger partial charge in [-0.2, -0.15) is 0 Å². The summed E-state index contributed by atoms with van der Waals surface area (Å²) in [4.78, 5) is 65.2. The topological polar surface area (TPSA) is 151 Å². The summed E-state index contributed by atoms with van der Waals surface area (Å²) in [5.41, 5.74) is 4.10. The van der Waals surface area contributed by atoms with Gasteiger partial charge in [-0.25, -0.2) is 0 Å². The van der Waals surface area contributed by atoms with E-state index in [4.69, 9.17) is 0 Å². The molecule has 10 nitrogen and oxygen atoms in total. The molecule has 0 aliphatic heterocycles.